The minimum atomic E-state index is -0.335. The van der Waals surface area contributed by atoms with Crippen LogP contribution < -0.4 is 9.64 Å². The van der Waals surface area contributed by atoms with Gasteiger partial charge in [-0.1, -0.05) is 30.0 Å². The van der Waals surface area contributed by atoms with E-state index in [1.807, 2.05) is 54.3 Å². The minimum absolute atomic E-state index is 0.0478. The van der Waals surface area contributed by atoms with E-state index in [0.29, 0.717) is 11.1 Å². The molecule has 0 saturated heterocycles. The van der Waals surface area contributed by atoms with Gasteiger partial charge in [-0.2, -0.15) is 0 Å². The molecule has 0 spiro atoms. The summed E-state index contributed by atoms with van der Waals surface area (Å²) in [6.45, 7) is 3.95. The molecule has 0 aliphatic carbocycles. The Morgan fingerprint density at radius 1 is 1.21 bits per heavy atom. The monoisotopic (exact) mass is 395 g/mol. The van der Waals surface area contributed by atoms with E-state index in [1.54, 1.807) is 7.11 Å². The number of methoxy groups -OCH3 is 1. The fourth-order valence-corrected chi connectivity index (χ4v) is 4.14. The van der Waals surface area contributed by atoms with Crippen molar-refractivity contribution in [1.29, 1.82) is 0 Å². The Hall–Kier alpha value is -2.80. The summed E-state index contributed by atoms with van der Waals surface area (Å²) in [4.78, 5) is 15.0. The Balaban J connectivity index is 1.47. The molecular weight excluding hydrogens is 374 g/mol. The van der Waals surface area contributed by atoms with E-state index in [9.17, 15) is 4.79 Å². The number of ether oxygens (including phenoxy) is 1. The van der Waals surface area contributed by atoms with Crippen molar-refractivity contribution >= 4 is 23.4 Å². The number of carbonyl (C=O) groups excluding carboxylic acids is 1. The van der Waals surface area contributed by atoms with Gasteiger partial charge in [0.25, 0.3) is 5.22 Å². The smallest absolute Gasteiger partial charge is 0.277 e. The largest absolute Gasteiger partial charge is 0.497 e. The summed E-state index contributed by atoms with van der Waals surface area (Å²) in [5.74, 6) is 1.23. The van der Waals surface area contributed by atoms with Crippen LogP contribution >= 0.6 is 11.8 Å². The molecule has 1 aromatic heterocycles. The Morgan fingerprint density at radius 2 is 1.96 bits per heavy atom. The molecule has 2 atom stereocenters. The van der Waals surface area contributed by atoms with Crippen LogP contribution in [0.5, 0.6) is 5.75 Å². The van der Waals surface area contributed by atoms with E-state index < -0.39 is 0 Å². The van der Waals surface area contributed by atoms with Gasteiger partial charge in [0.05, 0.1) is 12.4 Å². The van der Waals surface area contributed by atoms with Crippen LogP contribution in [0.4, 0.5) is 5.69 Å². The quantitative estimate of drug-likeness (QED) is 0.603. The van der Waals surface area contributed by atoms with Crippen molar-refractivity contribution in [3.05, 3.63) is 54.1 Å². The van der Waals surface area contributed by atoms with Crippen molar-refractivity contribution in [2.24, 2.45) is 0 Å². The van der Waals surface area contributed by atoms with E-state index in [2.05, 4.69) is 23.2 Å². The van der Waals surface area contributed by atoms with Gasteiger partial charge in [-0.25, -0.2) is 0 Å². The first-order chi connectivity index (χ1) is 13.6. The normalized spacial score (nSPS) is 16.7. The zero-order valence-electron chi connectivity index (χ0n) is 16.0. The molecule has 1 amide bonds. The highest BCUT2D eigenvalue weighted by Crippen LogP contribution is 2.35. The third-order valence-corrected chi connectivity index (χ3v) is 5.74. The molecular formula is C21H21N3O3S. The van der Waals surface area contributed by atoms with Crippen molar-refractivity contribution in [1.82, 2.24) is 10.2 Å². The van der Waals surface area contributed by atoms with Gasteiger partial charge in [-0.15, -0.1) is 10.2 Å². The van der Waals surface area contributed by atoms with Gasteiger partial charge in [-0.3, -0.25) is 4.79 Å². The number of carbonyl (C=O) groups is 1. The number of hydrogen-bond acceptors (Lipinski definition) is 6. The highest BCUT2D eigenvalue weighted by molar-refractivity contribution is 8.00. The first kappa shape index (κ1) is 18.6. The molecule has 0 saturated carbocycles. The summed E-state index contributed by atoms with van der Waals surface area (Å²) in [7, 11) is 1.62. The first-order valence-corrected chi connectivity index (χ1v) is 10.0. The molecule has 0 bridgehead atoms. The molecule has 0 radical (unpaired) electrons. The van der Waals surface area contributed by atoms with Crippen molar-refractivity contribution < 1.29 is 13.9 Å². The lowest BCUT2D eigenvalue weighted by Gasteiger charge is -2.25. The molecule has 0 unspecified atom stereocenters. The highest BCUT2D eigenvalue weighted by Gasteiger charge is 2.34. The van der Waals surface area contributed by atoms with E-state index >= 15 is 0 Å². The first-order valence-electron chi connectivity index (χ1n) is 9.12. The van der Waals surface area contributed by atoms with Crippen LogP contribution in [0.1, 0.15) is 19.4 Å². The van der Waals surface area contributed by atoms with Gasteiger partial charge in [0.2, 0.25) is 11.8 Å². The summed E-state index contributed by atoms with van der Waals surface area (Å²) in [6.07, 6.45) is 0.876. The van der Waals surface area contributed by atoms with Crippen molar-refractivity contribution in [2.45, 2.75) is 36.8 Å². The van der Waals surface area contributed by atoms with Crippen LogP contribution in [-0.4, -0.2) is 34.5 Å². The zero-order chi connectivity index (χ0) is 19.7. The summed E-state index contributed by atoms with van der Waals surface area (Å²) >= 11 is 1.28. The number of hydrogen-bond donors (Lipinski definition) is 0. The second kappa shape index (κ2) is 7.67. The number of amides is 1. The SMILES string of the molecule is COc1ccc(-c2nnc(S[C@@H](C)C(=O)N3c4ccccc4C[C@@H]3C)o2)cc1. The summed E-state index contributed by atoms with van der Waals surface area (Å²) in [5.41, 5.74) is 3.01. The minimum Gasteiger partial charge on any atom is -0.497 e. The van der Waals surface area contributed by atoms with Crippen LogP contribution in [0.25, 0.3) is 11.5 Å². The number of aromatic nitrogens is 2. The summed E-state index contributed by atoms with van der Waals surface area (Å²) in [5, 5.41) is 8.24. The molecule has 7 heteroatoms. The molecule has 0 fully saturated rings. The molecule has 4 rings (SSSR count). The standard InChI is InChI=1S/C21H21N3O3S/c1-13-12-16-6-4-5-7-18(16)24(13)20(25)14(2)28-21-23-22-19(27-21)15-8-10-17(26-3)11-9-15/h4-11,13-14H,12H2,1-3H3/t13-,14-/m0/s1. The number of para-hydroxylation sites is 1. The Kier molecular flexibility index (Phi) is 5.09. The second-order valence-corrected chi connectivity index (χ2v) is 8.04. The molecule has 2 aromatic carbocycles. The predicted molar refractivity (Wildman–Crippen MR) is 109 cm³/mol. The maximum absolute atomic E-state index is 13.1. The molecule has 1 aliphatic rings. The van der Waals surface area contributed by atoms with Crippen LogP contribution in [0.2, 0.25) is 0 Å². The van der Waals surface area contributed by atoms with Gasteiger partial charge >= 0.3 is 0 Å². The van der Waals surface area contributed by atoms with E-state index in [4.69, 9.17) is 9.15 Å². The molecule has 144 valence electrons. The average Bonchev–Trinajstić information content (AvgIpc) is 3.31. The van der Waals surface area contributed by atoms with Crippen molar-refractivity contribution in [3.63, 3.8) is 0 Å². The van der Waals surface area contributed by atoms with E-state index in [-0.39, 0.29) is 17.2 Å². The summed E-state index contributed by atoms with van der Waals surface area (Å²) < 4.78 is 10.9. The van der Waals surface area contributed by atoms with Gasteiger partial charge in [-0.05, 0) is 56.2 Å². The third kappa shape index (κ3) is 3.49. The Bertz CT molecular complexity index is 987. The topological polar surface area (TPSA) is 68.5 Å². The lowest BCUT2D eigenvalue weighted by molar-refractivity contribution is -0.118. The van der Waals surface area contributed by atoms with Crippen LogP contribution in [0.3, 0.4) is 0 Å². The number of anilines is 1. The summed E-state index contributed by atoms with van der Waals surface area (Å²) in [6, 6.07) is 15.6. The van der Waals surface area contributed by atoms with E-state index in [1.165, 1.54) is 17.3 Å². The number of thioether (sulfide) groups is 1. The van der Waals surface area contributed by atoms with Gasteiger partial charge in [0.15, 0.2) is 0 Å². The lowest BCUT2D eigenvalue weighted by Crippen LogP contribution is -2.40. The lowest BCUT2D eigenvalue weighted by atomic mass is 10.1. The number of rotatable bonds is 5. The fourth-order valence-electron chi connectivity index (χ4n) is 3.41. The number of fused-ring (bicyclic) bond motifs is 1. The molecule has 1 aliphatic heterocycles. The highest BCUT2D eigenvalue weighted by atomic mass is 32.2. The molecule has 2 heterocycles. The number of benzene rings is 2. The van der Waals surface area contributed by atoms with Crippen molar-refractivity contribution in [2.75, 3.05) is 12.0 Å². The molecule has 3 aromatic rings. The maximum Gasteiger partial charge on any atom is 0.277 e. The maximum atomic E-state index is 13.1. The van der Waals surface area contributed by atoms with Crippen LogP contribution in [-0.2, 0) is 11.2 Å². The van der Waals surface area contributed by atoms with Gasteiger partial charge in [0.1, 0.15) is 5.75 Å². The zero-order valence-corrected chi connectivity index (χ0v) is 16.8. The molecule has 6 nitrogen and oxygen atoms in total. The predicted octanol–water partition coefficient (Wildman–Crippen LogP) is 4.20. The average molecular weight is 395 g/mol. The van der Waals surface area contributed by atoms with Crippen LogP contribution in [0, 0.1) is 0 Å². The fraction of sp³-hybridized carbons (Fsp3) is 0.286. The third-order valence-electron chi connectivity index (χ3n) is 4.81. The van der Waals surface area contributed by atoms with Gasteiger partial charge in [0, 0.05) is 17.3 Å². The Morgan fingerprint density at radius 3 is 2.71 bits per heavy atom. The number of nitrogens with zero attached hydrogens (tertiary/aromatic N) is 3. The van der Waals surface area contributed by atoms with E-state index in [0.717, 1.165) is 23.4 Å². The Labute approximate surface area is 167 Å². The molecule has 28 heavy (non-hydrogen) atoms. The second-order valence-electron chi connectivity index (χ2n) is 6.75. The van der Waals surface area contributed by atoms with Gasteiger partial charge < -0.3 is 14.1 Å². The van der Waals surface area contributed by atoms with Crippen molar-refractivity contribution in [3.8, 4) is 17.2 Å². The molecule has 0 N–H and O–H groups in total. The van der Waals surface area contributed by atoms with Crippen LogP contribution in [0.15, 0.2) is 58.2 Å².